The van der Waals surface area contributed by atoms with Gasteiger partial charge in [-0.15, -0.1) is 21.5 Å². The first-order valence-electron chi connectivity index (χ1n) is 9.25. The number of carbonyl (C=O) groups is 1. The van der Waals surface area contributed by atoms with Gasteiger partial charge in [0.25, 0.3) is 0 Å². The number of aryl methyl sites for hydroxylation is 1. The molecule has 0 saturated carbocycles. The van der Waals surface area contributed by atoms with Gasteiger partial charge in [-0.1, -0.05) is 43.5 Å². The van der Waals surface area contributed by atoms with Crippen LogP contribution in [0.5, 0.6) is 0 Å². The van der Waals surface area contributed by atoms with Crippen LogP contribution in [0.4, 0.5) is 0 Å². The molecule has 7 heteroatoms. The largest absolute Gasteiger partial charge is 0.369 e. The number of thiophene rings is 1. The third kappa shape index (κ3) is 2.96. The number of aromatic nitrogens is 3. The molecular weight excluding hydrogens is 370 g/mol. The molecule has 2 aromatic heterocycles. The van der Waals surface area contributed by atoms with Gasteiger partial charge in [-0.25, -0.2) is 0 Å². The van der Waals surface area contributed by atoms with Gasteiger partial charge in [-0.2, -0.15) is 0 Å². The normalized spacial score (nSPS) is 21.1. The van der Waals surface area contributed by atoms with Gasteiger partial charge in [0.2, 0.25) is 5.91 Å². The molecule has 1 aliphatic heterocycles. The maximum atomic E-state index is 11.8. The third-order valence-corrected chi connectivity index (χ3v) is 6.57. The fourth-order valence-corrected chi connectivity index (χ4v) is 5.55. The smallest absolute Gasteiger partial charge is 0.221 e. The average Bonchev–Trinajstić information content (AvgIpc) is 3.30. The van der Waals surface area contributed by atoms with Crippen molar-refractivity contribution in [3.8, 4) is 5.00 Å². The van der Waals surface area contributed by atoms with Crippen LogP contribution in [0.25, 0.3) is 5.00 Å². The monoisotopic (exact) mass is 393 g/mol. The lowest BCUT2D eigenvalue weighted by atomic mass is 9.94. The highest BCUT2D eigenvalue weighted by Gasteiger charge is 2.37. The Labute approximate surface area is 168 Å². The Kier molecular flexibility index (Phi) is 4.87. The first kappa shape index (κ1) is 18.6. The standard InChI is InChI=1S/C21H23N5OS/c1-4-6-8-13(7-5-2)19-18-15-9-14(20(22)27)10-16(15)28-21(18)26-12(3)24-25-17(26)11-23-19/h4-8,14,19,23H,1-2,9-11H2,3H3,(H2,22,27)/b8-6-,13-7+. The summed E-state index contributed by atoms with van der Waals surface area (Å²) in [5, 5.41) is 13.4. The summed E-state index contributed by atoms with van der Waals surface area (Å²) in [6.45, 7) is 10.2. The third-order valence-electron chi connectivity index (χ3n) is 5.31. The fourth-order valence-electron chi connectivity index (χ4n) is 4.04. The number of hydrogen-bond acceptors (Lipinski definition) is 5. The van der Waals surface area contributed by atoms with E-state index in [2.05, 4.69) is 33.2 Å². The molecule has 28 heavy (non-hydrogen) atoms. The highest BCUT2D eigenvalue weighted by Crippen LogP contribution is 2.46. The van der Waals surface area contributed by atoms with Crippen molar-refractivity contribution < 1.29 is 4.79 Å². The van der Waals surface area contributed by atoms with Crippen LogP contribution in [0.3, 0.4) is 0 Å². The summed E-state index contributed by atoms with van der Waals surface area (Å²) in [6.07, 6.45) is 10.9. The molecule has 3 N–H and O–H groups in total. The zero-order chi connectivity index (χ0) is 19.8. The molecule has 0 spiro atoms. The second-order valence-corrected chi connectivity index (χ2v) is 8.12. The lowest BCUT2D eigenvalue weighted by Crippen LogP contribution is -2.24. The Morgan fingerprint density at radius 1 is 1.32 bits per heavy atom. The predicted molar refractivity (Wildman–Crippen MR) is 111 cm³/mol. The summed E-state index contributed by atoms with van der Waals surface area (Å²) < 4.78 is 2.13. The summed E-state index contributed by atoms with van der Waals surface area (Å²) in [5.41, 5.74) is 9.11. The number of carbonyl (C=O) groups excluding carboxylic acids is 1. The van der Waals surface area contributed by atoms with Gasteiger partial charge in [-0.05, 0) is 30.9 Å². The summed E-state index contributed by atoms with van der Waals surface area (Å²) in [5.74, 6) is 1.39. The van der Waals surface area contributed by atoms with Crippen molar-refractivity contribution in [1.82, 2.24) is 20.1 Å². The van der Waals surface area contributed by atoms with Gasteiger partial charge in [0.1, 0.15) is 10.8 Å². The maximum absolute atomic E-state index is 11.8. The SMILES string of the molecule is C=C/C=C\C(=C/C=C)C1NCc2nnc(C)n2-c2sc3c(c21)CC(C(N)=O)C3. The molecule has 3 heterocycles. The number of fused-ring (bicyclic) bond motifs is 5. The van der Waals surface area contributed by atoms with Gasteiger partial charge in [0, 0.05) is 16.4 Å². The molecule has 0 bridgehead atoms. The lowest BCUT2D eigenvalue weighted by Gasteiger charge is -2.20. The Bertz CT molecular complexity index is 1030. The molecule has 2 aromatic rings. The van der Waals surface area contributed by atoms with E-state index in [-0.39, 0.29) is 17.9 Å². The predicted octanol–water partition coefficient (Wildman–Crippen LogP) is 2.84. The summed E-state index contributed by atoms with van der Waals surface area (Å²) in [4.78, 5) is 13.0. The first-order chi connectivity index (χ1) is 13.5. The Hall–Kier alpha value is -2.77. The van der Waals surface area contributed by atoms with Crippen molar-refractivity contribution in [3.05, 3.63) is 76.8 Å². The first-order valence-corrected chi connectivity index (χ1v) is 10.1. The lowest BCUT2D eigenvalue weighted by molar-refractivity contribution is -0.121. The van der Waals surface area contributed by atoms with Crippen molar-refractivity contribution in [2.24, 2.45) is 11.7 Å². The number of hydrogen-bond donors (Lipinski definition) is 2. The van der Waals surface area contributed by atoms with Gasteiger partial charge >= 0.3 is 0 Å². The quantitative estimate of drug-likeness (QED) is 0.765. The Morgan fingerprint density at radius 2 is 2.14 bits per heavy atom. The minimum absolute atomic E-state index is 0.0445. The van der Waals surface area contributed by atoms with Gasteiger partial charge in [-0.3, -0.25) is 14.7 Å². The molecule has 1 aliphatic carbocycles. The second-order valence-electron chi connectivity index (χ2n) is 7.04. The van der Waals surface area contributed by atoms with Gasteiger partial charge in [0.05, 0.1) is 12.6 Å². The fraction of sp³-hybridized carbons (Fsp3) is 0.286. The van der Waals surface area contributed by atoms with Gasteiger partial charge < -0.3 is 5.73 Å². The van der Waals surface area contributed by atoms with Crippen molar-refractivity contribution in [3.63, 3.8) is 0 Å². The minimum Gasteiger partial charge on any atom is -0.369 e. The van der Waals surface area contributed by atoms with Crippen molar-refractivity contribution >= 4 is 17.2 Å². The van der Waals surface area contributed by atoms with Crippen LogP contribution in [0.1, 0.15) is 33.7 Å². The Morgan fingerprint density at radius 3 is 2.86 bits per heavy atom. The van der Waals surface area contributed by atoms with Crippen LogP contribution in [-0.4, -0.2) is 20.7 Å². The van der Waals surface area contributed by atoms with E-state index >= 15 is 0 Å². The highest BCUT2D eigenvalue weighted by atomic mass is 32.1. The summed E-state index contributed by atoms with van der Waals surface area (Å²) in [7, 11) is 0. The maximum Gasteiger partial charge on any atom is 0.221 e. The van der Waals surface area contributed by atoms with Gasteiger partial charge in [0.15, 0.2) is 5.82 Å². The van der Waals surface area contributed by atoms with Crippen LogP contribution in [0, 0.1) is 12.8 Å². The molecular formula is C21H23N5OS. The van der Waals surface area contributed by atoms with Crippen molar-refractivity contribution in [2.45, 2.75) is 32.4 Å². The van der Waals surface area contributed by atoms with Crippen LogP contribution in [0.2, 0.25) is 0 Å². The van der Waals surface area contributed by atoms with Crippen LogP contribution < -0.4 is 11.1 Å². The molecule has 2 unspecified atom stereocenters. The zero-order valence-electron chi connectivity index (χ0n) is 15.8. The zero-order valence-corrected chi connectivity index (χ0v) is 16.6. The van der Waals surface area contributed by atoms with Crippen LogP contribution >= 0.6 is 11.3 Å². The molecule has 0 aromatic carbocycles. The molecule has 2 aliphatic rings. The van der Waals surface area contributed by atoms with E-state index in [1.807, 2.05) is 25.2 Å². The molecule has 144 valence electrons. The average molecular weight is 394 g/mol. The number of nitrogens with zero attached hydrogens (tertiary/aromatic N) is 3. The highest BCUT2D eigenvalue weighted by molar-refractivity contribution is 7.15. The molecule has 6 nitrogen and oxygen atoms in total. The number of nitrogens with two attached hydrogens (primary N) is 1. The summed E-state index contributed by atoms with van der Waals surface area (Å²) in [6, 6.07) is -0.0445. The number of nitrogens with one attached hydrogen (secondary N) is 1. The number of rotatable bonds is 5. The van der Waals surface area contributed by atoms with E-state index in [1.54, 1.807) is 23.5 Å². The number of amides is 1. The summed E-state index contributed by atoms with van der Waals surface area (Å²) >= 11 is 1.72. The van der Waals surface area contributed by atoms with Crippen molar-refractivity contribution in [1.29, 1.82) is 0 Å². The minimum atomic E-state index is -0.232. The van der Waals surface area contributed by atoms with E-state index in [0.717, 1.165) is 22.2 Å². The number of primary amides is 1. The van der Waals surface area contributed by atoms with E-state index < -0.39 is 0 Å². The van der Waals surface area contributed by atoms with Crippen molar-refractivity contribution in [2.75, 3.05) is 0 Å². The van der Waals surface area contributed by atoms with E-state index in [1.165, 1.54) is 16.0 Å². The molecule has 0 fully saturated rings. The molecule has 2 atom stereocenters. The van der Waals surface area contributed by atoms with Crippen LogP contribution in [-0.2, 0) is 24.2 Å². The van der Waals surface area contributed by atoms with E-state index in [9.17, 15) is 4.79 Å². The topological polar surface area (TPSA) is 85.8 Å². The molecule has 4 rings (SSSR count). The number of allylic oxidation sites excluding steroid dienone is 4. The second kappa shape index (κ2) is 7.33. The van der Waals surface area contributed by atoms with Crippen LogP contribution in [0.15, 0.2) is 49.1 Å². The van der Waals surface area contributed by atoms with E-state index in [0.29, 0.717) is 19.4 Å². The Balaban J connectivity index is 1.91. The molecule has 1 amide bonds. The molecule has 0 radical (unpaired) electrons. The van der Waals surface area contributed by atoms with E-state index in [4.69, 9.17) is 5.73 Å². The molecule has 0 saturated heterocycles.